The van der Waals surface area contributed by atoms with E-state index in [9.17, 15) is 31.5 Å². The highest BCUT2D eigenvalue weighted by Gasteiger charge is 2.43. The zero-order chi connectivity index (χ0) is 24.7. The van der Waals surface area contributed by atoms with Crippen LogP contribution in [-0.2, 0) is 16.6 Å². The molecule has 2 aromatic carbocycles. The molecule has 2 heterocycles. The molecule has 34 heavy (non-hydrogen) atoms. The van der Waals surface area contributed by atoms with Gasteiger partial charge in [0.1, 0.15) is 11.3 Å². The van der Waals surface area contributed by atoms with Crippen LogP contribution in [0, 0.1) is 0 Å². The molecule has 0 amide bonds. The van der Waals surface area contributed by atoms with Crippen LogP contribution < -0.4 is 5.73 Å². The Balaban J connectivity index is 1.82. The van der Waals surface area contributed by atoms with Crippen LogP contribution in [0.2, 0.25) is 0 Å². The topological polar surface area (TPSA) is 131 Å². The number of allylic oxidation sites excluding steroid dienone is 1. The fraction of sp³-hybridized carbons (Fsp3) is 0.286. The number of nitrogens with two attached hydrogens (primary N) is 1. The molecule has 0 saturated carbocycles. The number of hydrogen-bond donors (Lipinski definition) is 2. The fourth-order valence-electron chi connectivity index (χ4n) is 3.75. The second-order valence-corrected chi connectivity index (χ2v) is 9.74. The number of sulfonamides is 1. The Morgan fingerprint density at radius 3 is 2.68 bits per heavy atom. The average Bonchev–Trinajstić information content (AvgIpc) is 3.36. The number of aromatic nitrogens is 3. The predicted octanol–water partition coefficient (Wildman–Crippen LogP) is 2.64. The number of alkyl halides is 2. The highest BCUT2D eigenvalue weighted by molar-refractivity contribution is 7.89. The molecule has 0 aliphatic carbocycles. The maximum atomic E-state index is 14.0. The zero-order valence-electron chi connectivity index (χ0n) is 17.7. The quantitative estimate of drug-likeness (QED) is 0.515. The molecule has 1 aromatic heterocycles. The van der Waals surface area contributed by atoms with Crippen molar-refractivity contribution in [1.29, 1.82) is 0 Å². The van der Waals surface area contributed by atoms with E-state index in [4.69, 9.17) is 5.73 Å². The summed E-state index contributed by atoms with van der Waals surface area (Å²) in [7, 11) is -4.21. The van der Waals surface area contributed by atoms with Crippen molar-refractivity contribution < 1.29 is 31.5 Å². The first-order valence-electron chi connectivity index (χ1n) is 10.2. The normalized spacial score (nSPS) is 16.9. The van der Waals surface area contributed by atoms with Crippen molar-refractivity contribution in [3.63, 3.8) is 0 Å². The number of rotatable bonds is 7. The standard InChI is InChI=1S/C21H20F3N5O4S/c22-15(4-6-25)11-29-18-10-14(20(30)31)9-17(19(18)26-27-29)13-2-1-3-16(8-13)34(32,33)28-7-5-21(23,24)12-28/h1-4,8-10H,5-7,11-12,25H2,(H,30,31)/b15-4-. The number of nitrogens with zero attached hydrogens (tertiary/aromatic N) is 4. The van der Waals surface area contributed by atoms with E-state index in [1.807, 2.05) is 0 Å². The first-order chi connectivity index (χ1) is 16.0. The summed E-state index contributed by atoms with van der Waals surface area (Å²) < 4.78 is 69.0. The van der Waals surface area contributed by atoms with Crippen LogP contribution in [0.5, 0.6) is 0 Å². The van der Waals surface area contributed by atoms with E-state index < -0.39 is 40.7 Å². The summed E-state index contributed by atoms with van der Waals surface area (Å²) in [6, 6.07) is 8.07. The van der Waals surface area contributed by atoms with Crippen molar-refractivity contribution in [1.82, 2.24) is 19.3 Å². The van der Waals surface area contributed by atoms with E-state index in [1.54, 1.807) is 0 Å². The number of hydrogen-bond acceptors (Lipinski definition) is 6. The highest BCUT2D eigenvalue weighted by atomic mass is 32.2. The molecular weight excluding hydrogens is 475 g/mol. The SMILES string of the molecule is NC/C=C(\F)Cn1nnc2c(-c3cccc(S(=O)(=O)N4CCC(F)(F)C4)c3)cc(C(=O)O)cc21. The Labute approximate surface area is 192 Å². The number of benzene rings is 2. The third-order valence-corrected chi connectivity index (χ3v) is 7.27. The molecule has 1 aliphatic heterocycles. The first-order valence-corrected chi connectivity index (χ1v) is 11.6. The molecular formula is C21H20F3N5O4S. The van der Waals surface area contributed by atoms with Crippen LogP contribution in [0.15, 0.2) is 53.2 Å². The Morgan fingerprint density at radius 1 is 1.26 bits per heavy atom. The van der Waals surface area contributed by atoms with Crippen molar-refractivity contribution in [2.75, 3.05) is 19.6 Å². The second kappa shape index (κ2) is 8.81. The minimum absolute atomic E-state index is 0.0334. The highest BCUT2D eigenvalue weighted by Crippen LogP contribution is 2.34. The molecule has 3 aromatic rings. The van der Waals surface area contributed by atoms with Crippen LogP contribution in [0.4, 0.5) is 13.2 Å². The van der Waals surface area contributed by atoms with Gasteiger partial charge in [0, 0.05) is 25.1 Å². The smallest absolute Gasteiger partial charge is 0.335 e. The van der Waals surface area contributed by atoms with E-state index in [0.29, 0.717) is 0 Å². The van der Waals surface area contributed by atoms with Crippen LogP contribution in [0.3, 0.4) is 0 Å². The number of aromatic carboxylic acids is 1. The van der Waals surface area contributed by atoms with E-state index in [-0.39, 0.29) is 52.3 Å². The van der Waals surface area contributed by atoms with Gasteiger partial charge >= 0.3 is 5.97 Å². The first kappa shape index (κ1) is 23.9. The Bertz CT molecular complexity index is 1400. The molecule has 1 aliphatic rings. The zero-order valence-corrected chi connectivity index (χ0v) is 18.5. The number of fused-ring (bicyclic) bond motifs is 1. The van der Waals surface area contributed by atoms with E-state index in [1.165, 1.54) is 41.1 Å². The van der Waals surface area contributed by atoms with Crippen LogP contribution in [-0.4, -0.2) is 64.3 Å². The molecule has 0 unspecified atom stereocenters. The summed E-state index contributed by atoms with van der Waals surface area (Å²) in [6.45, 7) is -1.58. The molecule has 0 spiro atoms. The van der Waals surface area contributed by atoms with Gasteiger partial charge in [-0.15, -0.1) is 5.10 Å². The van der Waals surface area contributed by atoms with Gasteiger partial charge in [0.05, 0.1) is 29.1 Å². The van der Waals surface area contributed by atoms with E-state index in [0.717, 1.165) is 10.4 Å². The van der Waals surface area contributed by atoms with Crippen molar-refractivity contribution in [2.24, 2.45) is 5.73 Å². The van der Waals surface area contributed by atoms with Gasteiger partial charge < -0.3 is 10.8 Å². The minimum Gasteiger partial charge on any atom is -0.478 e. The summed E-state index contributed by atoms with van der Waals surface area (Å²) in [5, 5.41) is 17.5. The van der Waals surface area contributed by atoms with Gasteiger partial charge in [-0.25, -0.2) is 31.1 Å². The Kier molecular flexibility index (Phi) is 6.18. The lowest BCUT2D eigenvalue weighted by Crippen LogP contribution is -2.31. The number of carboxylic acid groups (broad SMARTS) is 1. The predicted molar refractivity (Wildman–Crippen MR) is 116 cm³/mol. The summed E-state index contributed by atoms with van der Waals surface area (Å²) in [5.41, 5.74) is 6.11. The molecule has 0 atom stereocenters. The van der Waals surface area contributed by atoms with Gasteiger partial charge in [0.2, 0.25) is 10.0 Å². The van der Waals surface area contributed by atoms with Crippen molar-refractivity contribution in [2.45, 2.75) is 23.8 Å². The lowest BCUT2D eigenvalue weighted by atomic mass is 10.0. The summed E-state index contributed by atoms with van der Waals surface area (Å²) >= 11 is 0. The Morgan fingerprint density at radius 2 is 2.03 bits per heavy atom. The lowest BCUT2D eigenvalue weighted by Gasteiger charge is -2.17. The fourth-order valence-corrected chi connectivity index (χ4v) is 5.26. The van der Waals surface area contributed by atoms with Crippen LogP contribution in [0.1, 0.15) is 16.8 Å². The summed E-state index contributed by atoms with van der Waals surface area (Å²) in [5.74, 6) is -4.96. The summed E-state index contributed by atoms with van der Waals surface area (Å²) in [4.78, 5) is 11.5. The van der Waals surface area contributed by atoms with E-state index >= 15 is 0 Å². The van der Waals surface area contributed by atoms with Crippen molar-refractivity contribution in [3.8, 4) is 11.1 Å². The monoisotopic (exact) mass is 495 g/mol. The maximum Gasteiger partial charge on any atom is 0.335 e. The second-order valence-electron chi connectivity index (χ2n) is 7.80. The third kappa shape index (κ3) is 4.54. The molecule has 1 saturated heterocycles. The third-order valence-electron chi connectivity index (χ3n) is 5.43. The number of halogens is 3. The van der Waals surface area contributed by atoms with Crippen LogP contribution >= 0.6 is 0 Å². The minimum atomic E-state index is -4.21. The van der Waals surface area contributed by atoms with Crippen LogP contribution in [0.25, 0.3) is 22.2 Å². The Hall–Kier alpha value is -3.29. The average molecular weight is 495 g/mol. The van der Waals surface area contributed by atoms with Crippen molar-refractivity contribution in [3.05, 3.63) is 53.9 Å². The summed E-state index contributed by atoms with van der Waals surface area (Å²) in [6.07, 6.45) is 0.581. The van der Waals surface area contributed by atoms with Gasteiger partial charge in [-0.3, -0.25) is 0 Å². The number of carbonyl (C=O) groups is 1. The molecule has 4 rings (SSSR count). The molecule has 9 nitrogen and oxygen atoms in total. The van der Waals surface area contributed by atoms with Gasteiger partial charge in [-0.2, -0.15) is 4.31 Å². The van der Waals surface area contributed by atoms with Gasteiger partial charge in [0.15, 0.2) is 0 Å². The van der Waals surface area contributed by atoms with Gasteiger partial charge in [0.25, 0.3) is 5.92 Å². The molecule has 1 fully saturated rings. The van der Waals surface area contributed by atoms with E-state index in [2.05, 4.69) is 10.3 Å². The van der Waals surface area contributed by atoms with Gasteiger partial charge in [-0.05, 0) is 35.9 Å². The molecule has 0 radical (unpaired) electrons. The number of carboxylic acids is 1. The molecule has 0 bridgehead atoms. The lowest BCUT2D eigenvalue weighted by molar-refractivity contribution is 0.0183. The molecule has 3 N–H and O–H groups in total. The molecule has 180 valence electrons. The van der Waals surface area contributed by atoms with Crippen molar-refractivity contribution >= 4 is 27.0 Å². The van der Waals surface area contributed by atoms with Gasteiger partial charge in [-0.1, -0.05) is 17.3 Å². The largest absolute Gasteiger partial charge is 0.478 e. The maximum absolute atomic E-state index is 14.0. The molecule has 13 heteroatoms.